The minimum Gasteiger partial charge on any atom is -0.494 e. The molecule has 0 spiro atoms. The number of nitrogens with one attached hydrogen (secondary N) is 2. The molecule has 128 valence electrons. The maximum Gasteiger partial charge on any atom is 0.213 e. The average Bonchev–Trinajstić information content (AvgIpc) is 2.65. The molecule has 1 aromatic heterocycles. The Labute approximate surface area is 142 Å². The van der Waals surface area contributed by atoms with E-state index >= 15 is 0 Å². The van der Waals surface area contributed by atoms with Gasteiger partial charge in [0.2, 0.25) is 5.88 Å². The van der Waals surface area contributed by atoms with Gasteiger partial charge < -0.3 is 20.1 Å². The second-order valence-corrected chi connectivity index (χ2v) is 5.04. The topological polar surface area (TPSA) is 67.8 Å². The van der Waals surface area contributed by atoms with Crippen LogP contribution in [-0.2, 0) is 6.54 Å². The van der Waals surface area contributed by atoms with Crippen molar-refractivity contribution >= 4 is 5.96 Å². The lowest BCUT2D eigenvalue weighted by Gasteiger charge is -2.12. The number of benzene rings is 1. The number of para-hydroxylation sites is 1. The summed E-state index contributed by atoms with van der Waals surface area (Å²) in [7, 11) is 3.35. The molecule has 0 atom stereocenters. The molecule has 24 heavy (non-hydrogen) atoms. The highest BCUT2D eigenvalue weighted by molar-refractivity contribution is 5.79. The van der Waals surface area contributed by atoms with Crippen molar-refractivity contribution in [1.82, 2.24) is 15.6 Å². The van der Waals surface area contributed by atoms with Crippen molar-refractivity contribution in [3.63, 3.8) is 0 Å². The summed E-state index contributed by atoms with van der Waals surface area (Å²) in [6, 6.07) is 15.5. The number of aliphatic imine (C=N–C) groups is 1. The van der Waals surface area contributed by atoms with E-state index in [1.807, 2.05) is 48.5 Å². The second kappa shape index (κ2) is 10.1. The first-order chi connectivity index (χ1) is 11.8. The first-order valence-corrected chi connectivity index (χ1v) is 7.94. The van der Waals surface area contributed by atoms with Gasteiger partial charge in [0.15, 0.2) is 5.96 Å². The summed E-state index contributed by atoms with van der Waals surface area (Å²) in [6.45, 7) is 2.01. The van der Waals surface area contributed by atoms with Crippen molar-refractivity contribution in [2.75, 3.05) is 27.3 Å². The SMILES string of the molecule is CN=C(NCCCOc1ccccc1)NCc1cccc(OC)n1. The largest absolute Gasteiger partial charge is 0.494 e. The van der Waals surface area contributed by atoms with Gasteiger partial charge in [0, 0.05) is 19.7 Å². The fourth-order valence-electron chi connectivity index (χ4n) is 2.05. The number of hydrogen-bond acceptors (Lipinski definition) is 4. The number of pyridine rings is 1. The predicted octanol–water partition coefficient (Wildman–Crippen LogP) is 2.22. The molecule has 2 N–H and O–H groups in total. The van der Waals surface area contributed by atoms with Crippen LogP contribution in [0.25, 0.3) is 0 Å². The molecule has 0 bridgehead atoms. The van der Waals surface area contributed by atoms with E-state index < -0.39 is 0 Å². The molecule has 1 heterocycles. The van der Waals surface area contributed by atoms with Crippen molar-refractivity contribution < 1.29 is 9.47 Å². The van der Waals surface area contributed by atoms with Crippen LogP contribution < -0.4 is 20.1 Å². The summed E-state index contributed by atoms with van der Waals surface area (Å²) < 4.78 is 10.8. The third-order valence-electron chi connectivity index (χ3n) is 3.28. The van der Waals surface area contributed by atoms with E-state index in [0.717, 1.165) is 30.4 Å². The fraction of sp³-hybridized carbons (Fsp3) is 0.333. The van der Waals surface area contributed by atoms with Crippen molar-refractivity contribution in [2.24, 2.45) is 4.99 Å². The number of methoxy groups -OCH3 is 1. The van der Waals surface area contributed by atoms with E-state index in [9.17, 15) is 0 Å². The maximum absolute atomic E-state index is 5.65. The van der Waals surface area contributed by atoms with E-state index in [1.165, 1.54) is 0 Å². The van der Waals surface area contributed by atoms with Gasteiger partial charge in [-0.15, -0.1) is 0 Å². The van der Waals surface area contributed by atoms with E-state index in [1.54, 1.807) is 14.2 Å². The zero-order valence-corrected chi connectivity index (χ0v) is 14.2. The summed E-state index contributed by atoms with van der Waals surface area (Å²) >= 11 is 0. The lowest BCUT2D eigenvalue weighted by Crippen LogP contribution is -2.37. The maximum atomic E-state index is 5.65. The summed E-state index contributed by atoms with van der Waals surface area (Å²) in [4.78, 5) is 8.55. The first kappa shape index (κ1) is 17.6. The molecular formula is C18H24N4O2. The molecule has 0 saturated heterocycles. The minimum absolute atomic E-state index is 0.581. The number of aromatic nitrogens is 1. The fourth-order valence-corrected chi connectivity index (χ4v) is 2.05. The quantitative estimate of drug-likeness (QED) is 0.442. The van der Waals surface area contributed by atoms with Crippen LogP contribution in [0.1, 0.15) is 12.1 Å². The van der Waals surface area contributed by atoms with Crippen molar-refractivity contribution in [2.45, 2.75) is 13.0 Å². The van der Waals surface area contributed by atoms with Gasteiger partial charge >= 0.3 is 0 Å². The molecule has 6 nitrogen and oxygen atoms in total. The van der Waals surface area contributed by atoms with E-state index in [0.29, 0.717) is 19.0 Å². The van der Waals surface area contributed by atoms with Crippen molar-refractivity contribution in [1.29, 1.82) is 0 Å². The van der Waals surface area contributed by atoms with Crippen molar-refractivity contribution in [3.05, 3.63) is 54.2 Å². The van der Waals surface area contributed by atoms with Crippen LogP contribution in [0, 0.1) is 0 Å². The number of guanidine groups is 1. The van der Waals surface area contributed by atoms with Crippen LogP contribution in [0.3, 0.4) is 0 Å². The zero-order chi connectivity index (χ0) is 17.0. The Kier molecular flexibility index (Phi) is 7.40. The van der Waals surface area contributed by atoms with E-state index in [4.69, 9.17) is 9.47 Å². The summed E-state index contributed by atoms with van der Waals surface area (Å²) in [5.41, 5.74) is 0.893. The Morgan fingerprint density at radius 1 is 1.08 bits per heavy atom. The molecular weight excluding hydrogens is 304 g/mol. The molecule has 0 radical (unpaired) electrons. The third kappa shape index (κ3) is 6.16. The van der Waals surface area contributed by atoms with Gasteiger partial charge in [-0.05, 0) is 24.6 Å². The monoisotopic (exact) mass is 328 g/mol. The molecule has 1 aromatic carbocycles. The minimum atomic E-state index is 0.581. The molecule has 0 saturated carbocycles. The summed E-state index contributed by atoms with van der Waals surface area (Å²) in [5.74, 6) is 2.23. The van der Waals surface area contributed by atoms with E-state index in [-0.39, 0.29) is 0 Å². The van der Waals surface area contributed by atoms with Gasteiger partial charge in [-0.3, -0.25) is 4.99 Å². The molecule has 2 aromatic rings. The van der Waals surface area contributed by atoms with Crippen LogP contribution >= 0.6 is 0 Å². The Balaban J connectivity index is 1.65. The van der Waals surface area contributed by atoms with Crippen LogP contribution in [0.15, 0.2) is 53.5 Å². The summed E-state index contributed by atoms with van der Waals surface area (Å²) in [6.07, 6.45) is 0.882. The Morgan fingerprint density at radius 3 is 2.67 bits per heavy atom. The Hall–Kier alpha value is -2.76. The van der Waals surface area contributed by atoms with Gasteiger partial charge in [-0.1, -0.05) is 24.3 Å². The number of nitrogens with zero attached hydrogens (tertiary/aromatic N) is 2. The van der Waals surface area contributed by atoms with Crippen molar-refractivity contribution in [3.8, 4) is 11.6 Å². The van der Waals surface area contributed by atoms with Crippen LogP contribution in [0.5, 0.6) is 11.6 Å². The van der Waals surface area contributed by atoms with Gasteiger partial charge in [0.1, 0.15) is 5.75 Å². The predicted molar refractivity (Wildman–Crippen MR) is 95.5 cm³/mol. The molecule has 0 fully saturated rings. The van der Waals surface area contributed by atoms with Gasteiger partial charge in [-0.2, -0.15) is 0 Å². The molecule has 0 aliphatic rings. The van der Waals surface area contributed by atoms with Crippen LogP contribution in [-0.4, -0.2) is 38.3 Å². The standard InChI is InChI=1S/C18H24N4O2/c1-19-18(21-14-15-8-6-11-17(22-15)23-2)20-12-7-13-24-16-9-4-3-5-10-16/h3-6,8-11H,7,12-14H2,1-2H3,(H2,19,20,21). The van der Waals surface area contributed by atoms with Gasteiger partial charge in [0.05, 0.1) is 26.0 Å². The highest BCUT2D eigenvalue weighted by atomic mass is 16.5. The van der Waals surface area contributed by atoms with Crippen LogP contribution in [0.4, 0.5) is 0 Å². The third-order valence-corrected chi connectivity index (χ3v) is 3.28. The molecule has 0 aliphatic carbocycles. The highest BCUT2D eigenvalue weighted by Crippen LogP contribution is 2.08. The zero-order valence-electron chi connectivity index (χ0n) is 14.2. The molecule has 0 aliphatic heterocycles. The molecule has 2 rings (SSSR count). The van der Waals surface area contributed by atoms with Crippen LogP contribution in [0.2, 0.25) is 0 Å². The van der Waals surface area contributed by atoms with Gasteiger partial charge in [-0.25, -0.2) is 4.98 Å². The smallest absolute Gasteiger partial charge is 0.213 e. The lowest BCUT2D eigenvalue weighted by molar-refractivity contribution is 0.311. The van der Waals surface area contributed by atoms with Gasteiger partial charge in [0.25, 0.3) is 0 Å². The number of rotatable bonds is 8. The Bertz CT molecular complexity index is 632. The first-order valence-electron chi connectivity index (χ1n) is 7.94. The number of hydrogen-bond donors (Lipinski definition) is 2. The Morgan fingerprint density at radius 2 is 1.92 bits per heavy atom. The lowest BCUT2D eigenvalue weighted by atomic mass is 10.3. The normalized spacial score (nSPS) is 11.0. The van der Waals surface area contributed by atoms with E-state index in [2.05, 4.69) is 20.6 Å². The number of ether oxygens (including phenoxy) is 2. The molecule has 6 heteroatoms. The molecule has 0 amide bonds. The molecule has 0 unspecified atom stereocenters. The average molecular weight is 328 g/mol. The highest BCUT2D eigenvalue weighted by Gasteiger charge is 2.01. The second-order valence-electron chi connectivity index (χ2n) is 5.04. The summed E-state index contributed by atoms with van der Waals surface area (Å²) in [5, 5.41) is 6.48.